The minimum Gasteiger partial charge on any atom is -0.455 e. The molecule has 0 amide bonds. The molecule has 1 aromatic heterocycles. The highest BCUT2D eigenvalue weighted by Gasteiger charge is 2.02. The molecule has 0 aliphatic heterocycles. The van der Waals surface area contributed by atoms with Crippen LogP contribution in [0, 0.1) is 13.8 Å². The molecule has 0 N–H and O–H groups in total. The predicted octanol–water partition coefficient (Wildman–Crippen LogP) is 4.23. The zero-order chi connectivity index (χ0) is 12.3. The highest BCUT2D eigenvalue weighted by atomic mass is 35.5. The summed E-state index contributed by atoms with van der Waals surface area (Å²) in [4.78, 5) is 4.19. The Labute approximate surface area is 106 Å². The topological polar surface area (TPSA) is 22.1 Å². The van der Waals surface area contributed by atoms with E-state index in [1.54, 1.807) is 6.20 Å². The predicted molar refractivity (Wildman–Crippen MR) is 69.8 cm³/mol. The van der Waals surface area contributed by atoms with Gasteiger partial charge in [-0.25, -0.2) is 0 Å². The van der Waals surface area contributed by atoms with E-state index in [0.29, 0.717) is 5.88 Å². The van der Waals surface area contributed by atoms with Crippen LogP contribution in [0.15, 0.2) is 36.5 Å². The third-order valence-corrected chi connectivity index (χ3v) is 2.81. The van der Waals surface area contributed by atoms with Crippen LogP contribution in [0.2, 0.25) is 0 Å². The van der Waals surface area contributed by atoms with Gasteiger partial charge in [0, 0.05) is 11.6 Å². The Morgan fingerprint density at radius 3 is 2.59 bits per heavy atom. The number of hydrogen-bond donors (Lipinski definition) is 0. The molecule has 2 nitrogen and oxygen atoms in total. The summed E-state index contributed by atoms with van der Waals surface area (Å²) in [6.07, 6.45) is 1.73. The Kier molecular flexibility index (Phi) is 3.64. The van der Waals surface area contributed by atoms with Crippen molar-refractivity contribution in [3.05, 3.63) is 53.3 Å². The van der Waals surface area contributed by atoms with E-state index < -0.39 is 0 Å². The molecule has 2 aromatic rings. The molecule has 0 saturated heterocycles. The van der Waals surface area contributed by atoms with Gasteiger partial charge in [0.2, 0.25) is 0 Å². The van der Waals surface area contributed by atoms with E-state index in [1.807, 2.05) is 44.2 Å². The first-order valence-corrected chi connectivity index (χ1v) is 5.98. The molecule has 2 rings (SSSR count). The summed E-state index contributed by atoms with van der Waals surface area (Å²) in [5, 5.41) is 0. The van der Waals surface area contributed by atoms with E-state index in [-0.39, 0.29) is 0 Å². The van der Waals surface area contributed by atoms with Crippen LogP contribution in [0.25, 0.3) is 0 Å². The molecule has 0 aliphatic carbocycles. The van der Waals surface area contributed by atoms with Crippen LogP contribution < -0.4 is 4.74 Å². The molecule has 0 aliphatic rings. The summed E-state index contributed by atoms with van der Waals surface area (Å²) in [5.74, 6) is 2.11. The summed E-state index contributed by atoms with van der Waals surface area (Å²) in [5.41, 5.74) is 3.15. The Balaban J connectivity index is 2.21. The summed E-state index contributed by atoms with van der Waals surface area (Å²) in [6.45, 7) is 3.96. The molecule has 3 heteroatoms. The van der Waals surface area contributed by atoms with Crippen molar-refractivity contribution in [2.45, 2.75) is 19.7 Å². The van der Waals surface area contributed by atoms with Gasteiger partial charge in [0.15, 0.2) is 0 Å². The molecule has 0 radical (unpaired) electrons. The van der Waals surface area contributed by atoms with E-state index in [1.165, 1.54) is 0 Å². The first-order chi connectivity index (χ1) is 8.19. The average Bonchev–Trinajstić information content (AvgIpc) is 2.34. The van der Waals surface area contributed by atoms with Crippen LogP contribution in [0.4, 0.5) is 0 Å². The van der Waals surface area contributed by atoms with Crippen molar-refractivity contribution >= 4 is 11.6 Å². The monoisotopic (exact) mass is 247 g/mol. The third-order valence-electron chi connectivity index (χ3n) is 2.51. The van der Waals surface area contributed by atoms with Crippen LogP contribution in [0.3, 0.4) is 0 Å². The maximum atomic E-state index is 5.78. The van der Waals surface area contributed by atoms with Crippen molar-refractivity contribution in [1.82, 2.24) is 4.98 Å². The van der Waals surface area contributed by atoms with Crippen LogP contribution in [0.5, 0.6) is 11.5 Å². The van der Waals surface area contributed by atoms with Crippen molar-refractivity contribution < 1.29 is 4.74 Å². The van der Waals surface area contributed by atoms with E-state index in [4.69, 9.17) is 16.3 Å². The largest absolute Gasteiger partial charge is 0.455 e. The van der Waals surface area contributed by atoms with Gasteiger partial charge in [0.25, 0.3) is 0 Å². The number of pyridine rings is 1. The number of halogens is 1. The molecule has 0 bridgehead atoms. The van der Waals surface area contributed by atoms with E-state index in [0.717, 1.165) is 28.3 Å². The van der Waals surface area contributed by atoms with Crippen LogP contribution >= 0.6 is 11.6 Å². The van der Waals surface area contributed by atoms with Crippen molar-refractivity contribution in [3.8, 4) is 11.5 Å². The molecule has 0 atom stereocenters. The number of alkyl halides is 1. The molecule has 88 valence electrons. The average molecular weight is 248 g/mol. The normalized spacial score (nSPS) is 10.3. The van der Waals surface area contributed by atoms with Gasteiger partial charge >= 0.3 is 0 Å². The smallest absolute Gasteiger partial charge is 0.145 e. The molecule has 0 unspecified atom stereocenters. The molecule has 1 heterocycles. The standard InChI is InChI=1S/C14H14ClNO/c1-10-7-12(8-15)4-6-14(10)17-13-5-3-11(2)16-9-13/h3-7,9H,8H2,1-2H3. The summed E-state index contributed by atoms with van der Waals surface area (Å²) in [7, 11) is 0. The summed E-state index contributed by atoms with van der Waals surface area (Å²) in [6, 6.07) is 9.78. The Bertz CT molecular complexity index is 508. The maximum Gasteiger partial charge on any atom is 0.145 e. The van der Waals surface area contributed by atoms with Gasteiger partial charge < -0.3 is 4.74 Å². The lowest BCUT2D eigenvalue weighted by Crippen LogP contribution is -1.90. The van der Waals surface area contributed by atoms with E-state index in [9.17, 15) is 0 Å². The molecule has 0 saturated carbocycles. The number of ether oxygens (including phenoxy) is 1. The van der Waals surface area contributed by atoms with Gasteiger partial charge in [-0.3, -0.25) is 4.98 Å². The molecular weight excluding hydrogens is 234 g/mol. The fourth-order valence-electron chi connectivity index (χ4n) is 1.55. The number of aryl methyl sites for hydroxylation is 2. The maximum absolute atomic E-state index is 5.78. The third kappa shape index (κ3) is 2.98. The first kappa shape index (κ1) is 11.9. The lowest BCUT2D eigenvalue weighted by Gasteiger charge is -2.09. The van der Waals surface area contributed by atoms with E-state index in [2.05, 4.69) is 4.98 Å². The van der Waals surface area contributed by atoms with Gasteiger partial charge in [-0.1, -0.05) is 12.1 Å². The molecule has 1 aromatic carbocycles. The second-order valence-corrected chi connectivity index (χ2v) is 4.24. The quantitative estimate of drug-likeness (QED) is 0.758. The van der Waals surface area contributed by atoms with Crippen LogP contribution in [0.1, 0.15) is 16.8 Å². The summed E-state index contributed by atoms with van der Waals surface area (Å²) < 4.78 is 5.76. The molecule has 0 spiro atoms. The number of rotatable bonds is 3. The fourth-order valence-corrected chi connectivity index (χ4v) is 1.72. The fraction of sp³-hybridized carbons (Fsp3) is 0.214. The molecule has 0 fully saturated rings. The minimum atomic E-state index is 0.521. The Hall–Kier alpha value is -1.54. The molecule has 17 heavy (non-hydrogen) atoms. The molecular formula is C14H14ClNO. The second kappa shape index (κ2) is 5.19. The lowest BCUT2D eigenvalue weighted by atomic mass is 10.1. The zero-order valence-electron chi connectivity index (χ0n) is 9.90. The number of benzene rings is 1. The Morgan fingerprint density at radius 1 is 1.18 bits per heavy atom. The number of aromatic nitrogens is 1. The first-order valence-electron chi connectivity index (χ1n) is 5.45. The van der Waals surface area contributed by atoms with Gasteiger partial charge in [-0.2, -0.15) is 0 Å². The zero-order valence-corrected chi connectivity index (χ0v) is 10.7. The Morgan fingerprint density at radius 2 is 2.00 bits per heavy atom. The van der Waals surface area contributed by atoms with Crippen molar-refractivity contribution in [2.75, 3.05) is 0 Å². The number of nitrogens with zero attached hydrogens (tertiary/aromatic N) is 1. The lowest BCUT2D eigenvalue weighted by molar-refractivity contribution is 0.476. The second-order valence-electron chi connectivity index (χ2n) is 3.97. The minimum absolute atomic E-state index is 0.521. The van der Waals surface area contributed by atoms with Crippen molar-refractivity contribution in [3.63, 3.8) is 0 Å². The van der Waals surface area contributed by atoms with Gasteiger partial charge in [0.1, 0.15) is 11.5 Å². The number of hydrogen-bond acceptors (Lipinski definition) is 2. The van der Waals surface area contributed by atoms with Crippen molar-refractivity contribution in [2.24, 2.45) is 0 Å². The van der Waals surface area contributed by atoms with Gasteiger partial charge in [-0.05, 0) is 43.2 Å². The summed E-state index contributed by atoms with van der Waals surface area (Å²) >= 11 is 5.78. The highest BCUT2D eigenvalue weighted by molar-refractivity contribution is 6.17. The SMILES string of the molecule is Cc1ccc(Oc2ccc(CCl)cc2C)cn1. The van der Waals surface area contributed by atoms with Gasteiger partial charge in [0.05, 0.1) is 6.20 Å². The van der Waals surface area contributed by atoms with Crippen LogP contribution in [-0.4, -0.2) is 4.98 Å². The van der Waals surface area contributed by atoms with Crippen LogP contribution in [-0.2, 0) is 5.88 Å². The van der Waals surface area contributed by atoms with Crippen molar-refractivity contribution in [1.29, 1.82) is 0 Å². The highest BCUT2D eigenvalue weighted by Crippen LogP contribution is 2.25. The van der Waals surface area contributed by atoms with E-state index >= 15 is 0 Å². The van der Waals surface area contributed by atoms with Gasteiger partial charge in [-0.15, -0.1) is 11.6 Å².